The lowest BCUT2D eigenvalue weighted by atomic mass is 10.0. The zero-order chi connectivity index (χ0) is 15.5. The summed E-state index contributed by atoms with van der Waals surface area (Å²) in [6.45, 7) is 6.41. The summed E-state index contributed by atoms with van der Waals surface area (Å²) in [5.41, 5.74) is 2.59. The summed E-state index contributed by atoms with van der Waals surface area (Å²) in [7, 11) is 2.17. The Bertz CT molecular complexity index is 667. The van der Waals surface area contributed by atoms with Crippen LogP contribution in [-0.4, -0.2) is 47.7 Å². The van der Waals surface area contributed by atoms with Crippen molar-refractivity contribution in [2.24, 2.45) is 0 Å². The third kappa shape index (κ3) is 3.09. The standard InChI is InChI=1S/C17H24N4O/c1-14(21-8-7-18-17(21)22)13-15-5-3-4-6-16(15)20-11-9-19(2)10-12-20/h3-8,14H,9-13H2,1-2H3,(H,18,22). The van der Waals surface area contributed by atoms with E-state index in [1.807, 2.05) is 6.20 Å². The van der Waals surface area contributed by atoms with E-state index in [1.165, 1.54) is 11.3 Å². The van der Waals surface area contributed by atoms with Crippen LogP contribution in [0.2, 0.25) is 0 Å². The Labute approximate surface area is 131 Å². The van der Waals surface area contributed by atoms with Crippen molar-refractivity contribution in [2.75, 3.05) is 38.1 Å². The minimum Gasteiger partial charge on any atom is -0.369 e. The highest BCUT2D eigenvalue weighted by atomic mass is 16.1. The Kier molecular flexibility index (Phi) is 4.34. The highest BCUT2D eigenvalue weighted by Gasteiger charge is 2.18. The van der Waals surface area contributed by atoms with E-state index in [1.54, 1.807) is 10.8 Å². The zero-order valence-electron chi connectivity index (χ0n) is 13.3. The highest BCUT2D eigenvalue weighted by molar-refractivity contribution is 5.54. The largest absolute Gasteiger partial charge is 0.369 e. The molecule has 1 atom stereocenters. The van der Waals surface area contributed by atoms with Crippen LogP contribution >= 0.6 is 0 Å². The molecule has 0 radical (unpaired) electrons. The number of likely N-dealkylation sites (N-methyl/N-ethyl adjacent to an activating group) is 1. The van der Waals surface area contributed by atoms with Gasteiger partial charge in [0.2, 0.25) is 0 Å². The van der Waals surface area contributed by atoms with Crippen molar-refractivity contribution in [3.8, 4) is 0 Å². The first-order valence-corrected chi connectivity index (χ1v) is 7.92. The predicted molar refractivity (Wildman–Crippen MR) is 89.6 cm³/mol. The molecular formula is C17H24N4O. The Morgan fingerprint density at radius 3 is 2.59 bits per heavy atom. The summed E-state index contributed by atoms with van der Waals surface area (Å²) in [6, 6.07) is 8.72. The van der Waals surface area contributed by atoms with Crippen molar-refractivity contribution in [1.29, 1.82) is 0 Å². The van der Waals surface area contributed by atoms with Gasteiger partial charge in [-0.25, -0.2) is 4.79 Å². The van der Waals surface area contributed by atoms with E-state index < -0.39 is 0 Å². The second-order valence-electron chi connectivity index (χ2n) is 6.14. The maximum atomic E-state index is 11.8. The molecule has 22 heavy (non-hydrogen) atoms. The first-order valence-electron chi connectivity index (χ1n) is 7.92. The van der Waals surface area contributed by atoms with E-state index in [-0.39, 0.29) is 11.7 Å². The molecule has 1 aliphatic heterocycles. The van der Waals surface area contributed by atoms with E-state index in [4.69, 9.17) is 0 Å². The number of H-pyrrole nitrogens is 1. The number of aromatic amines is 1. The number of imidazole rings is 1. The van der Waals surface area contributed by atoms with Gasteiger partial charge in [0.25, 0.3) is 0 Å². The molecular weight excluding hydrogens is 276 g/mol. The van der Waals surface area contributed by atoms with Crippen LogP contribution in [0.4, 0.5) is 5.69 Å². The fraction of sp³-hybridized carbons (Fsp3) is 0.471. The molecule has 5 nitrogen and oxygen atoms in total. The lowest BCUT2D eigenvalue weighted by molar-refractivity contribution is 0.312. The quantitative estimate of drug-likeness (QED) is 0.935. The summed E-state index contributed by atoms with van der Waals surface area (Å²) in [5, 5.41) is 0. The van der Waals surface area contributed by atoms with Crippen LogP contribution in [0.3, 0.4) is 0 Å². The molecule has 1 saturated heterocycles. The first kappa shape index (κ1) is 14.9. The van der Waals surface area contributed by atoms with Gasteiger partial charge in [0.15, 0.2) is 0 Å². The number of nitrogens with one attached hydrogen (secondary N) is 1. The minimum absolute atomic E-state index is 0.0374. The van der Waals surface area contributed by atoms with Gasteiger partial charge in [-0.05, 0) is 32.0 Å². The summed E-state index contributed by atoms with van der Waals surface area (Å²) in [5.74, 6) is 0. The Morgan fingerprint density at radius 1 is 1.18 bits per heavy atom. The maximum absolute atomic E-state index is 11.8. The number of anilines is 1. The SMILES string of the molecule is CC(Cc1ccccc1N1CCN(C)CC1)n1cc[nH]c1=O. The third-order valence-corrected chi connectivity index (χ3v) is 4.50. The highest BCUT2D eigenvalue weighted by Crippen LogP contribution is 2.25. The van der Waals surface area contributed by atoms with Crippen LogP contribution in [0.15, 0.2) is 41.5 Å². The normalized spacial score (nSPS) is 17.6. The molecule has 2 aromatic rings. The molecule has 1 aromatic carbocycles. The van der Waals surface area contributed by atoms with Crippen molar-refractivity contribution in [3.05, 3.63) is 52.7 Å². The lowest BCUT2D eigenvalue weighted by Gasteiger charge is -2.35. The molecule has 2 heterocycles. The van der Waals surface area contributed by atoms with Crippen LogP contribution in [0.1, 0.15) is 18.5 Å². The number of hydrogen-bond acceptors (Lipinski definition) is 3. The minimum atomic E-state index is -0.0374. The molecule has 1 fully saturated rings. The van der Waals surface area contributed by atoms with Gasteiger partial charge in [0.05, 0.1) is 0 Å². The number of rotatable bonds is 4. The Hall–Kier alpha value is -2.01. The number of nitrogens with zero attached hydrogens (tertiary/aromatic N) is 3. The molecule has 1 N–H and O–H groups in total. The van der Waals surface area contributed by atoms with Crippen LogP contribution in [-0.2, 0) is 6.42 Å². The molecule has 0 amide bonds. The van der Waals surface area contributed by atoms with Crippen LogP contribution < -0.4 is 10.6 Å². The van der Waals surface area contributed by atoms with Gasteiger partial charge in [0, 0.05) is 50.3 Å². The lowest BCUT2D eigenvalue weighted by Crippen LogP contribution is -2.44. The molecule has 5 heteroatoms. The van der Waals surface area contributed by atoms with Gasteiger partial charge in [-0.1, -0.05) is 18.2 Å². The smallest absolute Gasteiger partial charge is 0.325 e. The van der Waals surface area contributed by atoms with Gasteiger partial charge in [-0.3, -0.25) is 4.57 Å². The average molecular weight is 300 g/mol. The van der Waals surface area contributed by atoms with Gasteiger partial charge < -0.3 is 14.8 Å². The second-order valence-corrected chi connectivity index (χ2v) is 6.14. The van der Waals surface area contributed by atoms with E-state index in [2.05, 4.69) is 53.0 Å². The molecule has 1 aromatic heterocycles. The van der Waals surface area contributed by atoms with Crippen LogP contribution in [0, 0.1) is 0 Å². The Balaban J connectivity index is 1.79. The molecule has 1 unspecified atom stereocenters. The average Bonchev–Trinajstić information content (AvgIpc) is 2.95. The van der Waals surface area contributed by atoms with E-state index in [0.29, 0.717) is 0 Å². The molecule has 0 saturated carbocycles. The molecule has 0 aliphatic carbocycles. The monoisotopic (exact) mass is 300 g/mol. The van der Waals surface area contributed by atoms with Crippen LogP contribution in [0.25, 0.3) is 0 Å². The fourth-order valence-electron chi connectivity index (χ4n) is 3.13. The van der Waals surface area contributed by atoms with Crippen molar-refractivity contribution >= 4 is 5.69 Å². The van der Waals surface area contributed by atoms with Crippen molar-refractivity contribution < 1.29 is 0 Å². The maximum Gasteiger partial charge on any atom is 0.325 e. The summed E-state index contributed by atoms with van der Waals surface area (Å²) < 4.78 is 1.76. The van der Waals surface area contributed by atoms with Gasteiger partial charge in [0.1, 0.15) is 0 Å². The number of piperazine rings is 1. The van der Waals surface area contributed by atoms with E-state index >= 15 is 0 Å². The third-order valence-electron chi connectivity index (χ3n) is 4.50. The number of para-hydroxylation sites is 1. The summed E-state index contributed by atoms with van der Waals surface area (Å²) >= 11 is 0. The van der Waals surface area contributed by atoms with Crippen LogP contribution in [0.5, 0.6) is 0 Å². The van der Waals surface area contributed by atoms with Crippen molar-refractivity contribution in [1.82, 2.24) is 14.5 Å². The van der Waals surface area contributed by atoms with Gasteiger partial charge >= 0.3 is 5.69 Å². The van der Waals surface area contributed by atoms with Crippen molar-refractivity contribution in [2.45, 2.75) is 19.4 Å². The number of aromatic nitrogens is 2. The van der Waals surface area contributed by atoms with Crippen molar-refractivity contribution in [3.63, 3.8) is 0 Å². The van der Waals surface area contributed by atoms with E-state index in [0.717, 1.165) is 32.6 Å². The predicted octanol–water partition coefficient (Wildman–Crippen LogP) is 1.73. The number of benzene rings is 1. The Morgan fingerprint density at radius 2 is 1.91 bits per heavy atom. The molecule has 118 valence electrons. The summed E-state index contributed by atoms with van der Waals surface area (Å²) in [6.07, 6.45) is 4.39. The molecule has 0 bridgehead atoms. The van der Waals surface area contributed by atoms with Gasteiger partial charge in [-0.2, -0.15) is 0 Å². The second kappa shape index (κ2) is 6.40. The topological polar surface area (TPSA) is 44.3 Å². The summed E-state index contributed by atoms with van der Waals surface area (Å²) in [4.78, 5) is 19.3. The van der Waals surface area contributed by atoms with E-state index in [9.17, 15) is 4.79 Å². The first-order chi connectivity index (χ1) is 10.6. The fourth-order valence-corrected chi connectivity index (χ4v) is 3.13. The van der Waals surface area contributed by atoms with Gasteiger partial charge in [-0.15, -0.1) is 0 Å². The molecule has 1 aliphatic rings. The molecule has 3 rings (SSSR count). The number of hydrogen-bond donors (Lipinski definition) is 1. The molecule has 0 spiro atoms. The zero-order valence-corrected chi connectivity index (χ0v) is 13.3.